The van der Waals surface area contributed by atoms with Crippen LogP contribution in [0.25, 0.3) is 0 Å². The predicted molar refractivity (Wildman–Crippen MR) is 94.1 cm³/mol. The van der Waals surface area contributed by atoms with Crippen LogP contribution in [-0.4, -0.2) is 48.6 Å². The molecule has 0 N–H and O–H groups in total. The molecule has 1 heterocycles. The van der Waals surface area contributed by atoms with Crippen molar-refractivity contribution in [3.63, 3.8) is 0 Å². The highest BCUT2D eigenvalue weighted by Crippen LogP contribution is 2.34. The average molecular weight is 394 g/mol. The Labute approximate surface area is 150 Å². The maximum atomic E-state index is 12.6. The summed E-state index contributed by atoms with van der Waals surface area (Å²) >= 11 is 13.4. The highest BCUT2D eigenvalue weighted by atomic mass is 35.5. The standard InChI is InChI=1S/C15H17Cl2NO3S2/c16-10-1-4-13(17)14(7-10)22-8-15(19)18(11-2-3-11)12-5-6-23(20,21)9-12/h1,4,7,11-12H,2-3,5-6,8-9H2/t12-/m1/s1. The number of thioether (sulfide) groups is 1. The molecule has 0 spiro atoms. The van der Waals surface area contributed by atoms with Crippen LogP contribution >= 0.6 is 35.0 Å². The van der Waals surface area contributed by atoms with Crippen molar-refractivity contribution in [3.8, 4) is 0 Å². The molecule has 1 aromatic rings. The van der Waals surface area contributed by atoms with Gasteiger partial charge in [-0.2, -0.15) is 0 Å². The van der Waals surface area contributed by atoms with Gasteiger partial charge in [0.1, 0.15) is 0 Å². The predicted octanol–water partition coefficient (Wildman–Crippen LogP) is 3.26. The van der Waals surface area contributed by atoms with Crippen molar-refractivity contribution in [1.29, 1.82) is 0 Å². The van der Waals surface area contributed by atoms with E-state index in [1.54, 1.807) is 23.1 Å². The van der Waals surface area contributed by atoms with Gasteiger partial charge in [0, 0.05) is 22.0 Å². The summed E-state index contributed by atoms with van der Waals surface area (Å²) in [4.78, 5) is 15.2. The largest absolute Gasteiger partial charge is 0.335 e. The van der Waals surface area contributed by atoms with E-state index in [1.165, 1.54) is 11.8 Å². The Hall–Kier alpha value is -0.430. The first kappa shape index (κ1) is 17.4. The normalized spacial score (nSPS) is 23.0. The van der Waals surface area contributed by atoms with E-state index in [2.05, 4.69) is 0 Å². The molecule has 0 bridgehead atoms. The van der Waals surface area contributed by atoms with Crippen LogP contribution in [0.3, 0.4) is 0 Å². The molecule has 0 radical (unpaired) electrons. The van der Waals surface area contributed by atoms with E-state index in [0.717, 1.165) is 17.7 Å². The van der Waals surface area contributed by atoms with Gasteiger partial charge in [-0.05, 0) is 37.5 Å². The zero-order valence-electron chi connectivity index (χ0n) is 12.4. The number of hydrogen-bond acceptors (Lipinski definition) is 4. The van der Waals surface area contributed by atoms with E-state index in [1.807, 2.05) is 0 Å². The molecule has 1 saturated carbocycles. The molecular weight excluding hydrogens is 377 g/mol. The Morgan fingerprint density at radius 1 is 1.22 bits per heavy atom. The van der Waals surface area contributed by atoms with Crippen LogP contribution in [0.4, 0.5) is 0 Å². The summed E-state index contributed by atoms with van der Waals surface area (Å²) in [7, 11) is -3.00. The molecule has 3 rings (SSSR count). The van der Waals surface area contributed by atoms with E-state index in [9.17, 15) is 13.2 Å². The molecule has 1 aromatic carbocycles. The molecule has 1 aliphatic heterocycles. The van der Waals surface area contributed by atoms with Crippen LogP contribution in [0.2, 0.25) is 10.0 Å². The van der Waals surface area contributed by atoms with Gasteiger partial charge in [0.2, 0.25) is 5.91 Å². The van der Waals surface area contributed by atoms with E-state index < -0.39 is 9.84 Å². The van der Waals surface area contributed by atoms with E-state index in [-0.39, 0.29) is 35.2 Å². The lowest BCUT2D eigenvalue weighted by Gasteiger charge is -2.28. The summed E-state index contributed by atoms with van der Waals surface area (Å²) in [5, 5.41) is 1.14. The molecule has 0 unspecified atom stereocenters. The number of sulfone groups is 1. The lowest BCUT2D eigenvalue weighted by molar-refractivity contribution is -0.130. The lowest BCUT2D eigenvalue weighted by Crippen LogP contribution is -2.43. The third-order valence-corrected chi connectivity index (χ3v) is 7.54. The third-order valence-electron chi connectivity index (χ3n) is 4.07. The Morgan fingerprint density at radius 2 is 1.96 bits per heavy atom. The minimum Gasteiger partial charge on any atom is -0.335 e. The third kappa shape index (κ3) is 4.35. The number of hydrogen-bond donors (Lipinski definition) is 0. The molecule has 126 valence electrons. The molecule has 8 heteroatoms. The first-order valence-electron chi connectivity index (χ1n) is 7.45. The summed E-state index contributed by atoms with van der Waals surface area (Å²) in [5.74, 6) is 0.502. The Balaban J connectivity index is 1.67. The molecule has 1 atom stereocenters. The second-order valence-corrected chi connectivity index (χ2v) is 10.0. The molecule has 4 nitrogen and oxygen atoms in total. The van der Waals surface area contributed by atoms with Crippen molar-refractivity contribution in [2.45, 2.75) is 36.2 Å². The van der Waals surface area contributed by atoms with Gasteiger partial charge in [-0.3, -0.25) is 4.79 Å². The quantitative estimate of drug-likeness (QED) is 0.720. The van der Waals surface area contributed by atoms with Crippen molar-refractivity contribution in [2.75, 3.05) is 17.3 Å². The van der Waals surface area contributed by atoms with E-state index in [0.29, 0.717) is 16.5 Å². The van der Waals surface area contributed by atoms with Crippen molar-refractivity contribution in [1.82, 2.24) is 4.90 Å². The van der Waals surface area contributed by atoms with Gasteiger partial charge in [0.25, 0.3) is 0 Å². The monoisotopic (exact) mass is 393 g/mol. The summed E-state index contributed by atoms with van der Waals surface area (Å²) < 4.78 is 23.4. The van der Waals surface area contributed by atoms with Gasteiger partial charge in [-0.15, -0.1) is 11.8 Å². The van der Waals surface area contributed by atoms with Gasteiger partial charge in [0.05, 0.1) is 22.3 Å². The van der Waals surface area contributed by atoms with Crippen LogP contribution in [0.1, 0.15) is 19.3 Å². The molecule has 1 amide bonds. The summed E-state index contributed by atoms with van der Waals surface area (Å²) in [6.45, 7) is 0. The second-order valence-electron chi connectivity index (χ2n) is 5.95. The van der Waals surface area contributed by atoms with Gasteiger partial charge in [-0.25, -0.2) is 8.42 Å². The van der Waals surface area contributed by atoms with Crippen molar-refractivity contribution in [2.24, 2.45) is 0 Å². The first-order valence-corrected chi connectivity index (χ1v) is 11.0. The van der Waals surface area contributed by atoms with Crippen molar-refractivity contribution in [3.05, 3.63) is 28.2 Å². The highest BCUT2D eigenvalue weighted by molar-refractivity contribution is 8.00. The van der Waals surface area contributed by atoms with Crippen LogP contribution < -0.4 is 0 Å². The summed E-state index contributed by atoms with van der Waals surface area (Å²) in [5.41, 5.74) is 0. The van der Waals surface area contributed by atoms with Crippen molar-refractivity contribution >= 4 is 50.7 Å². The number of nitrogens with zero attached hydrogens (tertiary/aromatic N) is 1. The lowest BCUT2D eigenvalue weighted by atomic mass is 10.2. The maximum Gasteiger partial charge on any atom is 0.233 e. The summed E-state index contributed by atoms with van der Waals surface area (Å²) in [6.07, 6.45) is 2.48. The minimum atomic E-state index is -3.00. The SMILES string of the molecule is O=C(CSc1cc(Cl)ccc1Cl)N(C1CC1)[C@@H]1CCS(=O)(=O)C1. The second kappa shape index (κ2) is 6.82. The van der Waals surface area contributed by atoms with Crippen LogP contribution in [0.5, 0.6) is 0 Å². The van der Waals surface area contributed by atoms with Gasteiger partial charge in [-0.1, -0.05) is 23.2 Å². The number of halogens is 2. The number of amides is 1. The smallest absolute Gasteiger partial charge is 0.233 e. The molecule has 2 aliphatic rings. The Morgan fingerprint density at radius 3 is 2.57 bits per heavy atom. The Kier molecular flexibility index (Phi) is 5.16. The first-order chi connectivity index (χ1) is 10.9. The molecule has 1 aliphatic carbocycles. The molecule has 2 fully saturated rings. The topological polar surface area (TPSA) is 54.5 Å². The maximum absolute atomic E-state index is 12.6. The fourth-order valence-corrected chi connectivity index (χ4v) is 5.93. The number of carbonyl (C=O) groups is 1. The number of carbonyl (C=O) groups excluding carboxylic acids is 1. The van der Waals surface area contributed by atoms with Gasteiger partial charge in [0.15, 0.2) is 9.84 Å². The zero-order chi connectivity index (χ0) is 16.6. The highest BCUT2D eigenvalue weighted by Gasteiger charge is 2.41. The van der Waals surface area contributed by atoms with Crippen LogP contribution in [0.15, 0.2) is 23.1 Å². The molecule has 1 saturated heterocycles. The molecule has 0 aromatic heterocycles. The molecular formula is C15H17Cl2NO3S2. The zero-order valence-corrected chi connectivity index (χ0v) is 15.5. The van der Waals surface area contributed by atoms with Crippen molar-refractivity contribution < 1.29 is 13.2 Å². The fraction of sp³-hybridized carbons (Fsp3) is 0.533. The average Bonchev–Trinajstić information content (AvgIpc) is 3.24. The fourth-order valence-electron chi connectivity index (χ4n) is 2.85. The van der Waals surface area contributed by atoms with Crippen LogP contribution in [0, 0.1) is 0 Å². The van der Waals surface area contributed by atoms with Gasteiger partial charge >= 0.3 is 0 Å². The number of rotatable bonds is 5. The van der Waals surface area contributed by atoms with Crippen LogP contribution in [-0.2, 0) is 14.6 Å². The number of benzene rings is 1. The molecule has 23 heavy (non-hydrogen) atoms. The summed E-state index contributed by atoms with van der Waals surface area (Å²) in [6, 6.07) is 5.18. The minimum absolute atomic E-state index is 0.0179. The Bertz CT molecular complexity index is 719. The van der Waals surface area contributed by atoms with E-state index >= 15 is 0 Å². The van der Waals surface area contributed by atoms with Gasteiger partial charge < -0.3 is 4.90 Å². The van der Waals surface area contributed by atoms with E-state index in [4.69, 9.17) is 23.2 Å².